The van der Waals surface area contributed by atoms with Crippen molar-refractivity contribution >= 4 is 11.8 Å². The van der Waals surface area contributed by atoms with Gasteiger partial charge in [-0.25, -0.2) is 0 Å². The van der Waals surface area contributed by atoms with Gasteiger partial charge in [0.25, 0.3) is 0 Å². The van der Waals surface area contributed by atoms with Crippen molar-refractivity contribution in [3.63, 3.8) is 0 Å². The molecule has 2 saturated heterocycles. The first kappa shape index (κ1) is 18.4. The number of alkyl halides is 1. The summed E-state index contributed by atoms with van der Waals surface area (Å²) in [6, 6.07) is 0. The summed E-state index contributed by atoms with van der Waals surface area (Å²) in [5.74, 6) is -0.935. The van der Waals surface area contributed by atoms with Gasteiger partial charge in [-0.1, -0.05) is 19.8 Å². The zero-order chi connectivity index (χ0) is 16.8. The summed E-state index contributed by atoms with van der Waals surface area (Å²) in [4.78, 5) is 24.6. The lowest BCUT2D eigenvalue weighted by atomic mass is 9.72. The van der Waals surface area contributed by atoms with Gasteiger partial charge >= 0.3 is 5.97 Å². The number of Topliss-reactive ketones (excluding diaryl/α,β-unsaturated/α-hetero) is 1. The number of ether oxygens (including phenoxy) is 2. The number of esters is 1. The van der Waals surface area contributed by atoms with E-state index in [0.717, 1.165) is 25.7 Å². The zero-order valence-corrected chi connectivity index (χ0v) is 13.9. The third-order valence-corrected chi connectivity index (χ3v) is 4.89. The van der Waals surface area contributed by atoms with Crippen molar-refractivity contribution in [1.82, 2.24) is 0 Å². The minimum atomic E-state index is -0.433. The Labute approximate surface area is 138 Å². The van der Waals surface area contributed by atoms with Crippen molar-refractivity contribution in [3.8, 4) is 0 Å². The molecule has 1 saturated carbocycles. The molecule has 4 nitrogen and oxygen atoms in total. The summed E-state index contributed by atoms with van der Waals surface area (Å²) in [6.45, 7) is 5.45. The molecular formula is C18H27FO4. The second-order valence-electron chi connectivity index (χ2n) is 6.52. The van der Waals surface area contributed by atoms with Crippen LogP contribution in [-0.2, 0) is 19.1 Å². The van der Waals surface area contributed by atoms with Crippen LogP contribution in [0.15, 0.2) is 0 Å². The Kier molecular flexibility index (Phi) is 7.00. The molecule has 23 heavy (non-hydrogen) atoms. The molecule has 5 heteroatoms. The van der Waals surface area contributed by atoms with E-state index in [-0.39, 0.29) is 36.1 Å². The number of unbranched alkanes of at least 4 members (excludes halogenated alkanes) is 1. The average Bonchev–Trinajstić information content (AvgIpc) is 2.58. The maximum absolute atomic E-state index is 13.0. The number of halogens is 1. The van der Waals surface area contributed by atoms with E-state index in [4.69, 9.17) is 9.47 Å². The third-order valence-electron chi connectivity index (χ3n) is 4.89. The number of hydrogen-bond acceptors (Lipinski definition) is 4. The fourth-order valence-electron chi connectivity index (χ4n) is 3.62. The van der Waals surface area contributed by atoms with E-state index >= 15 is 0 Å². The number of hydrogen-bond donors (Lipinski definition) is 0. The van der Waals surface area contributed by atoms with Gasteiger partial charge < -0.3 is 9.47 Å². The lowest BCUT2D eigenvalue weighted by molar-refractivity contribution is -0.153. The molecule has 3 fully saturated rings. The molecule has 0 amide bonds. The van der Waals surface area contributed by atoms with Crippen LogP contribution in [0.4, 0.5) is 4.39 Å². The standard InChI is InChI=1S/C18H27FO4/c1-3-5-6-13(18(21)22-4-2)10-15(20)17-12-7-8-16(23-17)14(9-12)11-19/h12-14,16H,1,3-11H2,2H3. The minimum Gasteiger partial charge on any atom is -0.466 e. The van der Waals surface area contributed by atoms with Crippen molar-refractivity contribution in [3.05, 3.63) is 13.0 Å². The van der Waals surface area contributed by atoms with Crippen LogP contribution in [0.1, 0.15) is 51.9 Å². The van der Waals surface area contributed by atoms with E-state index < -0.39 is 12.6 Å². The second-order valence-corrected chi connectivity index (χ2v) is 6.52. The summed E-state index contributed by atoms with van der Waals surface area (Å²) >= 11 is 0. The van der Waals surface area contributed by atoms with E-state index in [1.165, 1.54) is 0 Å². The number of carbonyl (C=O) groups excluding carboxylic acids is 2. The van der Waals surface area contributed by atoms with E-state index in [1.807, 2.05) is 0 Å². The Morgan fingerprint density at radius 1 is 1.43 bits per heavy atom. The summed E-state index contributed by atoms with van der Waals surface area (Å²) in [5, 5.41) is 0. The highest BCUT2D eigenvalue weighted by molar-refractivity contribution is 5.93. The quantitative estimate of drug-likeness (QED) is 0.609. The van der Waals surface area contributed by atoms with E-state index in [0.29, 0.717) is 25.6 Å². The summed E-state index contributed by atoms with van der Waals surface area (Å²) < 4.78 is 23.8. The molecule has 0 aromatic rings. The summed E-state index contributed by atoms with van der Waals surface area (Å²) in [6.07, 6.45) is 4.90. The minimum absolute atomic E-state index is 0.0175. The summed E-state index contributed by atoms with van der Waals surface area (Å²) in [7, 11) is 0. The highest BCUT2D eigenvalue weighted by Crippen LogP contribution is 2.45. The average molecular weight is 326 g/mol. The zero-order valence-electron chi connectivity index (χ0n) is 13.9. The van der Waals surface area contributed by atoms with Crippen LogP contribution in [0.3, 0.4) is 0 Å². The maximum atomic E-state index is 13.0. The van der Waals surface area contributed by atoms with Gasteiger partial charge in [0.15, 0.2) is 11.9 Å². The van der Waals surface area contributed by atoms with E-state index in [9.17, 15) is 14.0 Å². The molecule has 3 rings (SSSR count). The van der Waals surface area contributed by atoms with Gasteiger partial charge in [0.1, 0.15) is 0 Å². The molecule has 2 radical (unpaired) electrons. The van der Waals surface area contributed by atoms with E-state index in [1.54, 1.807) is 6.92 Å². The second kappa shape index (κ2) is 8.76. The molecule has 0 aromatic heterocycles. The molecule has 0 N–H and O–H groups in total. The Balaban J connectivity index is 1.94. The Morgan fingerprint density at radius 3 is 2.78 bits per heavy atom. The molecule has 130 valence electrons. The third kappa shape index (κ3) is 4.52. The Bertz CT molecular complexity index is 412. The predicted octanol–water partition coefficient (Wildman–Crippen LogP) is 3.45. The highest BCUT2D eigenvalue weighted by Gasteiger charge is 2.46. The Hall–Kier alpha value is -0.970. The normalized spacial score (nSPS) is 28.6. The number of ketones is 1. The molecule has 4 atom stereocenters. The molecule has 0 spiro atoms. The van der Waals surface area contributed by atoms with Gasteiger partial charge in [0.2, 0.25) is 0 Å². The van der Waals surface area contributed by atoms with Crippen LogP contribution in [0, 0.1) is 30.8 Å². The van der Waals surface area contributed by atoms with E-state index in [2.05, 4.69) is 6.92 Å². The van der Waals surface area contributed by atoms with Gasteiger partial charge in [-0.3, -0.25) is 14.0 Å². The van der Waals surface area contributed by atoms with Crippen molar-refractivity contribution in [1.29, 1.82) is 0 Å². The molecule has 2 heterocycles. The van der Waals surface area contributed by atoms with Gasteiger partial charge in [-0.2, -0.15) is 0 Å². The van der Waals surface area contributed by atoms with Gasteiger partial charge in [0, 0.05) is 12.3 Å². The van der Waals surface area contributed by atoms with Gasteiger partial charge in [0.05, 0.1) is 25.3 Å². The lowest BCUT2D eigenvalue weighted by Gasteiger charge is -2.45. The maximum Gasteiger partial charge on any atom is 0.309 e. The largest absolute Gasteiger partial charge is 0.466 e. The van der Waals surface area contributed by atoms with Crippen molar-refractivity contribution in [2.24, 2.45) is 17.8 Å². The molecule has 3 aliphatic rings. The fourth-order valence-corrected chi connectivity index (χ4v) is 3.62. The molecule has 4 unspecified atom stereocenters. The first-order valence-corrected chi connectivity index (χ1v) is 8.69. The lowest BCUT2D eigenvalue weighted by Crippen LogP contribution is -2.46. The van der Waals surface area contributed by atoms with Gasteiger partial charge in [-0.15, -0.1) is 0 Å². The van der Waals surface area contributed by atoms with Gasteiger partial charge in [-0.05, 0) is 38.5 Å². The molecule has 1 aliphatic carbocycles. The van der Waals surface area contributed by atoms with Crippen molar-refractivity contribution < 1.29 is 23.5 Å². The molecule has 0 aromatic carbocycles. The smallest absolute Gasteiger partial charge is 0.309 e. The van der Waals surface area contributed by atoms with Crippen LogP contribution in [0.5, 0.6) is 0 Å². The first-order chi connectivity index (χ1) is 11.1. The van der Waals surface area contributed by atoms with Crippen molar-refractivity contribution in [2.45, 2.75) is 58.0 Å². The van der Waals surface area contributed by atoms with Crippen LogP contribution >= 0.6 is 0 Å². The molecular weight excluding hydrogens is 299 g/mol. The number of fused-ring (bicyclic) bond motifs is 3. The van der Waals surface area contributed by atoms with Crippen LogP contribution in [0.25, 0.3) is 0 Å². The van der Waals surface area contributed by atoms with Crippen LogP contribution in [-0.4, -0.2) is 31.1 Å². The summed E-state index contributed by atoms with van der Waals surface area (Å²) in [5.41, 5.74) is 0. The fraction of sp³-hybridized carbons (Fsp3) is 0.778. The number of rotatable bonds is 9. The first-order valence-electron chi connectivity index (χ1n) is 8.69. The monoisotopic (exact) mass is 326 g/mol. The highest BCUT2D eigenvalue weighted by atomic mass is 19.1. The Morgan fingerprint density at radius 2 is 2.22 bits per heavy atom. The predicted molar refractivity (Wildman–Crippen MR) is 83.9 cm³/mol. The topological polar surface area (TPSA) is 52.6 Å². The molecule has 2 aliphatic heterocycles. The van der Waals surface area contributed by atoms with Crippen LogP contribution in [0.2, 0.25) is 0 Å². The van der Waals surface area contributed by atoms with Crippen molar-refractivity contribution in [2.75, 3.05) is 13.3 Å². The van der Waals surface area contributed by atoms with Crippen LogP contribution < -0.4 is 0 Å². The SMILES string of the molecule is [CH2]CCCC(CC(=O)[C]1OC2CCC1CC2CF)C(=O)OCC. The molecule has 2 bridgehead atoms. The number of carbonyl (C=O) groups is 2.